The van der Waals surface area contributed by atoms with Crippen molar-refractivity contribution in [2.24, 2.45) is 11.7 Å². The van der Waals surface area contributed by atoms with Crippen LogP contribution in [0.3, 0.4) is 0 Å². The molecule has 2 aromatic rings. The van der Waals surface area contributed by atoms with Crippen LogP contribution in [-0.2, 0) is 14.3 Å². The molecule has 0 aromatic carbocycles. The van der Waals surface area contributed by atoms with Gasteiger partial charge in [0.15, 0.2) is 17.7 Å². The van der Waals surface area contributed by atoms with Gasteiger partial charge < -0.3 is 31.2 Å². The molecule has 2 aromatic heterocycles. The molecule has 0 amide bonds. The Morgan fingerprint density at radius 2 is 2.21 bits per heavy atom. The molecule has 0 radical (unpaired) electrons. The van der Waals surface area contributed by atoms with E-state index in [9.17, 15) is 15.0 Å². The zero-order valence-electron chi connectivity index (χ0n) is 15.7. The second kappa shape index (κ2) is 7.20. The minimum atomic E-state index is -3.02. The molecule has 3 heterocycles. The number of ether oxygens (including phenoxy) is 2. The lowest BCUT2D eigenvalue weighted by Gasteiger charge is -2.30. The maximum atomic E-state index is 15.4. The van der Waals surface area contributed by atoms with Gasteiger partial charge in [0.05, 0.1) is 6.33 Å². The molecule has 6 N–H and O–H groups in total. The molecule has 0 bridgehead atoms. The third kappa shape index (κ3) is 3.18. The van der Waals surface area contributed by atoms with E-state index < -0.39 is 42.4 Å². The Labute approximate surface area is 164 Å². The van der Waals surface area contributed by atoms with Gasteiger partial charge in [-0.25, -0.2) is 19.3 Å². The third-order valence-corrected chi connectivity index (χ3v) is 4.79. The van der Waals surface area contributed by atoms with Gasteiger partial charge in [0.25, 0.3) is 5.85 Å². The van der Waals surface area contributed by atoms with Gasteiger partial charge in [-0.05, 0) is 5.92 Å². The summed E-state index contributed by atoms with van der Waals surface area (Å²) < 4.78 is 26.9. The minimum Gasteiger partial charge on any atom is -0.451 e. The minimum absolute atomic E-state index is 0.0375. The van der Waals surface area contributed by atoms with Gasteiger partial charge in [-0.15, -0.1) is 6.42 Å². The van der Waals surface area contributed by atoms with Crippen LogP contribution in [0.1, 0.15) is 20.1 Å². The highest BCUT2D eigenvalue weighted by atomic mass is 19.2. The quantitative estimate of drug-likeness (QED) is 0.350. The Kier molecular flexibility index (Phi) is 5.18. The maximum absolute atomic E-state index is 15.4. The molecule has 3 rings (SSSR count). The number of nitrogens with two attached hydrogens (primary N) is 2. The first-order chi connectivity index (χ1) is 13.6. The molecule has 0 aliphatic carbocycles. The number of hydrogen-bond donors (Lipinski definition) is 4. The van der Waals surface area contributed by atoms with Gasteiger partial charge in [0, 0.05) is 0 Å². The normalized spacial score (nSPS) is 30.4. The van der Waals surface area contributed by atoms with Crippen LogP contribution in [0.4, 0.5) is 10.2 Å². The molecule has 12 heteroatoms. The number of fused-ring (bicyclic) bond motifs is 1. The third-order valence-electron chi connectivity index (χ3n) is 4.79. The van der Waals surface area contributed by atoms with Crippen LogP contribution in [0.15, 0.2) is 12.7 Å². The monoisotopic (exact) mass is 408 g/mol. The van der Waals surface area contributed by atoms with Crippen molar-refractivity contribution in [1.29, 1.82) is 0 Å². The molecule has 1 aliphatic rings. The van der Waals surface area contributed by atoms with E-state index in [1.54, 1.807) is 13.8 Å². The Balaban J connectivity index is 2.07. The predicted molar refractivity (Wildman–Crippen MR) is 97.3 cm³/mol. The number of nitrogen functional groups attached to an aromatic ring is 1. The topological polar surface area (TPSA) is 172 Å². The first-order valence-electron chi connectivity index (χ1n) is 8.65. The number of nitrogens with zero attached hydrogens (tertiary/aromatic N) is 4. The number of alkyl halides is 1. The lowest BCUT2D eigenvalue weighted by atomic mass is 9.93. The lowest BCUT2D eigenvalue weighted by molar-refractivity contribution is -0.218. The highest BCUT2D eigenvalue weighted by Crippen LogP contribution is 2.47. The number of carbonyl (C=O) groups is 1. The summed E-state index contributed by atoms with van der Waals surface area (Å²) in [6.07, 6.45) is 4.03. The maximum Gasteiger partial charge on any atom is 0.323 e. The van der Waals surface area contributed by atoms with Crippen molar-refractivity contribution >= 4 is 23.0 Å². The average Bonchev–Trinajstić information content (AvgIpc) is 3.21. The predicted octanol–water partition coefficient (Wildman–Crippen LogP) is -1.15. The van der Waals surface area contributed by atoms with E-state index in [-0.39, 0.29) is 22.9 Å². The van der Waals surface area contributed by atoms with Gasteiger partial charge in [-0.1, -0.05) is 19.8 Å². The average molecular weight is 408 g/mol. The van der Waals surface area contributed by atoms with Crippen LogP contribution < -0.4 is 11.5 Å². The molecule has 156 valence electrons. The molecular formula is C17H21FN6O5. The van der Waals surface area contributed by atoms with Crippen molar-refractivity contribution in [1.82, 2.24) is 19.5 Å². The van der Waals surface area contributed by atoms with Crippen molar-refractivity contribution in [3.8, 4) is 12.3 Å². The molecule has 11 nitrogen and oxygen atoms in total. The summed E-state index contributed by atoms with van der Waals surface area (Å²) in [6.45, 7) is 2.06. The van der Waals surface area contributed by atoms with Gasteiger partial charge in [0.2, 0.25) is 11.7 Å². The number of imidazole rings is 1. The molecular weight excluding hydrogens is 387 g/mol. The highest BCUT2D eigenvalue weighted by molar-refractivity contribution is 5.81. The van der Waals surface area contributed by atoms with Crippen molar-refractivity contribution in [2.45, 2.75) is 43.7 Å². The molecule has 5 atom stereocenters. The summed E-state index contributed by atoms with van der Waals surface area (Å²) in [5.74, 6) is -2.32. The van der Waals surface area contributed by atoms with Crippen LogP contribution in [0, 0.1) is 18.3 Å². The number of halogens is 1. The number of anilines is 1. The summed E-state index contributed by atoms with van der Waals surface area (Å²) >= 11 is 0. The van der Waals surface area contributed by atoms with Gasteiger partial charge in [0.1, 0.15) is 24.5 Å². The van der Waals surface area contributed by atoms with E-state index >= 15 is 4.39 Å². The van der Waals surface area contributed by atoms with E-state index in [0.29, 0.717) is 0 Å². The fourth-order valence-electron chi connectivity index (χ4n) is 3.02. The zero-order valence-corrected chi connectivity index (χ0v) is 15.7. The molecule has 1 fully saturated rings. The Hall–Kier alpha value is -2.85. The number of carbonyl (C=O) groups excluding carboxylic acids is 1. The van der Waals surface area contributed by atoms with Crippen molar-refractivity contribution in [2.75, 3.05) is 12.3 Å². The van der Waals surface area contributed by atoms with Crippen LogP contribution in [0.2, 0.25) is 0 Å². The van der Waals surface area contributed by atoms with Crippen LogP contribution in [0.25, 0.3) is 11.2 Å². The SMILES string of the molecule is C#C[C@]1(O)[C@H](n2cnc3c(N)ncnc32)O[C@](F)(CO)[C@H]1OC(=O)C(N)C(C)C. The molecule has 29 heavy (non-hydrogen) atoms. The van der Waals surface area contributed by atoms with E-state index in [4.69, 9.17) is 27.4 Å². The summed E-state index contributed by atoms with van der Waals surface area (Å²) in [7, 11) is 0. The van der Waals surface area contributed by atoms with Gasteiger partial charge >= 0.3 is 5.97 Å². The van der Waals surface area contributed by atoms with Crippen molar-refractivity contribution < 1.29 is 28.9 Å². The fourth-order valence-corrected chi connectivity index (χ4v) is 3.02. The standard InChI is InChI=1S/C17H21FN6O5/c1-4-16(27)14(28-13(26)9(19)8(2)3)17(18,5-25)29-15(16)24-7-23-10-11(20)21-6-22-12(10)24/h1,6-9,14-15,25,27H,5,19H2,2-3H3,(H2,20,21,22)/t9?,14-,15+,16+,17+/m0/s1. The van der Waals surface area contributed by atoms with E-state index in [0.717, 1.165) is 17.2 Å². The summed E-state index contributed by atoms with van der Waals surface area (Å²) in [5.41, 5.74) is 9.19. The number of aliphatic hydroxyl groups excluding tert-OH is 1. The van der Waals surface area contributed by atoms with Crippen molar-refractivity contribution in [3.63, 3.8) is 0 Å². The Bertz CT molecular complexity index is 977. The number of hydrogen-bond acceptors (Lipinski definition) is 10. The Morgan fingerprint density at radius 1 is 1.52 bits per heavy atom. The van der Waals surface area contributed by atoms with Gasteiger partial charge in [-0.2, -0.15) is 0 Å². The number of aromatic nitrogens is 4. The second-order valence-corrected chi connectivity index (χ2v) is 7.05. The highest BCUT2D eigenvalue weighted by Gasteiger charge is 2.67. The van der Waals surface area contributed by atoms with Crippen LogP contribution >= 0.6 is 0 Å². The zero-order chi connectivity index (χ0) is 21.6. The van der Waals surface area contributed by atoms with Crippen molar-refractivity contribution in [3.05, 3.63) is 12.7 Å². The first-order valence-corrected chi connectivity index (χ1v) is 8.65. The lowest BCUT2D eigenvalue weighted by Crippen LogP contribution is -2.54. The molecule has 1 saturated heterocycles. The number of terminal acetylenes is 1. The Morgan fingerprint density at radius 3 is 2.79 bits per heavy atom. The molecule has 1 aliphatic heterocycles. The van der Waals surface area contributed by atoms with Crippen LogP contribution in [-0.4, -0.2) is 65.9 Å². The fraction of sp³-hybridized carbons (Fsp3) is 0.529. The number of esters is 1. The summed E-state index contributed by atoms with van der Waals surface area (Å²) in [6, 6.07) is -1.11. The second-order valence-electron chi connectivity index (χ2n) is 7.05. The largest absolute Gasteiger partial charge is 0.451 e. The van der Waals surface area contributed by atoms with E-state index in [1.165, 1.54) is 0 Å². The molecule has 0 spiro atoms. The first kappa shape index (κ1) is 20.9. The van der Waals surface area contributed by atoms with Gasteiger partial charge in [-0.3, -0.25) is 9.36 Å². The summed E-state index contributed by atoms with van der Waals surface area (Å²) in [4.78, 5) is 24.1. The van der Waals surface area contributed by atoms with E-state index in [2.05, 4.69) is 15.0 Å². The number of rotatable bonds is 5. The number of aliphatic hydroxyl groups is 2. The molecule has 0 saturated carbocycles. The molecule has 1 unspecified atom stereocenters. The van der Waals surface area contributed by atoms with E-state index in [1.807, 2.05) is 5.92 Å². The summed E-state index contributed by atoms with van der Waals surface area (Å²) in [5, 5.41) is 20.7. The smallest absolute Gasteiger partial charge is 0.323 e. The van der Waals surface area contributed by atoms with Crippen LogP contribution in [0.5, 0.6) is 0 Å².